The summed E-state index contributed by atoms with van der Waals surface area (Å²) in [5.74, 6) is 0.511. The monoisotopic (exact) mass is 287 g/mol. The summed E-state index contributed by atoms with van der Waals surface area (Å²) in [6.07, 6.45) is 0.981. The van der Waals surface area contributed by atoms with E-state index in [9.17, 15) is 5.11 Å². The second-order valence-corrected chi connectivity index (χ2v) is 4.89. The lowest BCUT2D eigenvalue weighted by Crippen LogP contribution is -2.12. The Morgan fingerprint density at radius 1 is 1.67 bits per heavy atom. The van der Waals surface area contributed by atoms with Gasteiger partial charge in [0.25, 0.3) is 0 Å². The molecule has 0 spiro atoms. The Morgan fingerprint density at radius 3 is 3.07 bits per heavy atom. The van der Waals surface area contributed by atoms with Gasteiger partial charge in [0.2, 0.25) is 0 Å². The molecule has 2 aromatic rings. The zero-order valence-corrected chi connectivity index (χ0v) is 10.2. The van der Waals surface area contributed by atoms with Crippen LogP contribution in [0.4, 0.5) is 0 Å². The maximum absolute atomic E-state index is 9.47. The highest BCUT2D eigenvalue weighted by Crippen LogP contribution is 2.28. The van der Waals surface area contributed by atoms with E-state index in [0.717, 1.165) is 15.0 Å². The van der Waals surface area contributed by atoms with Crippen molar-refractivity contribution in [3.8, 4) is 10.6 Å². The van der Waals surface area contributed by atoms with Gasteiger partial charge in [0.1, 0.15) is 11.9 Å². The lowest BCUT2D eigenvalue weighted by atomic mass is 10.3. The van der Waals surface area contributed by atoms with Gasteiger partial charge in [-0.15, -0.1) is 11.3 Å². The van der Waals surface area contributed by atoms with Crippen LogP contribution in [-0.2, 0) is 0 Å². The van der Waals surface area contributed by atoms with Crippen molar-refractivity contribution in [2.45, 2.75) is 6.10 Å². The zero-order valence-electron chi connectivity index (χ0n) is 7.77. The topological polar surface area (TPSA) is 74.9 Å². The minimum Gasteiger partial charge on any atom is -0.384 e. The first kappa shape index (κ1) is 10.8. The number of H-pyrrole nitrogens is 1. The molecule has 6 heteroatoms. The van der Waals surface area contributed by atoms with Crippen LogP contribution in [0.3, 0.4) is 0 Å². The highest BCUT2D eigenvalue weighted by atomic mass is 79.9. The third-order valence-corrected chi connectivity index (χ3v) is 3.69. The normalized spacial score (nSPS) is 13.0. The van der Waals surface area contributed by atoms with E-state index in [1.165, 1.54) is 0 Å². The van der Waals surface area contributed by atoms with Crippen LogP contribution < -0.4 is 5.73 Å². The Bertz CT molecular complexity index is 454. The van der Waals surface area contributed by atoms with Crippen molar-refractivity contribution in [2.24, 2.45) is 5.73 Å². The SMILES string of the molecule is NCC(O)c1ncc(-c2cc(Br)cs2)[nH]1. The fraction of sp³-hybridized carbons (Fsp3) is 0.222. The van der Waals surface area contributed by atoms with E-state index in [0.29, 0.717) is 5.82 Å². The quantitative estimate of drug-likeness (QED) is 0.807. The summed E-state index contributed by atoms with van der Waals surface area (Å²) < 4.78 is 1.04. The zero-order chi connectivity index (χ0) is 10.8. The van der Waals surface area contributed by atoms with E-state index in [1.807, 2.05) is 11.4 Å². The number of imidazole rings is 1. The number of thiophene rings is 1. The Hall–Kier alpha value is -0.690. The van der Waals surface area contributed by atoms with E-state index >= 15 is 0 Å². The predicted molar refractivity (Wildman–Crippen MR) is 63.6 cm³/mol. The van der Waals surface area contributed by atoms with Gasteiger partial charge in [-0.25, -0.2) is 4.98 Å². The molecule has 2 aromatic heterocycles. The number of nitrogens with two attached hydrogens (primary N) is 1. The molecule has 0 bridgehead atoms. The number of rotatable bonds is 3. The van der Waals surface area contributed by atoms with Crippen LogP contribution in [0.5, 0.6) is 0 Å². The molecule has 4 N–H and O–H groups in total. The van der Waals surface area contributed by atoms with Gasteiger partial charge < -0.3 is 15.8 Å². The van der Waals surface area contributed by atoms with Crippen molar-refractivity contribution in [1.82, 2.24) is 9.97 Å². The lowest BCUT2D eigenvalue weighted by Gasteiger charge is -2.01. The van der Waals surface area contributed by atoms with Crippen LogP contribution >= 0.6 is 27.3 Å². The number of aromatic nitrogens is 2. The second-order valence-electron chi connectivity index (χ2n) is 3.06. The van der Waals surface area contributed by atoms with Gasteiger partial charge in [0, 0.05) is 16.4 Å². The van der Waals surface area contributed by atoms with Crippen LogP contribution in [0.1, 0.15) is 11.9 Å². The number of aliphatic hydroxyl groups excluding tert-OH is 1. The molecule has 0 aliphatic carbocycles. The summed E-state index contributed by atoms with van der Waals surface area (Å²) in [5, 5.41) is 11.5. The maximum Gasteiger partial charge on any atom is 0.136 e. The van der Waals surface area contributed by atoms with E-state index in [4.69, 9.17) is 5.73 Å². The molecule has 15 heavy (non-hydrogen) atoms. The number of nitrogens with one attached hydrogen (secondary N) is 1. The number of aromatic amines is 1. The molecule has 0 saturated heterocycles. The van der Waals surface area contributed by atoms with Crippen molar-refractivity contribution in [2.75, 3.05) is 6.54 Å². The molecule has 0 saturated carbocycles. The second kappa shape index (κ2) is 4.44. The highest BCUT2D eigenvalue weighted by molar-refractivity contribution is 9.10. The molecule has 2 heterocycles. The average molecular weight is 288 g/mol. The van der Waals surface area contributed by atoms with E-state index < -0.39 is 6.10 Å². The predicted octanol–water partition coefficient (Wildman–Crippen LogP) is 1.89. The summed E-state index contributed by atoms with van der Waals surface area (Å²) in [5.41, 5.74) is 6.24. The molecular formula is C9H10BrN3OS. The third kappa shape index (κ3) is 2.28. The van der Waals surface area contributed by atoms with Gasteiger partial charge in [-0.05, 0) is 22.0 Å². The Balaban J connectivity index is 2.27. The first-order valence-corrected chi connectivity index (χ1v) is 6.05. The van der Waals surface area contributed by atoms with E-state index in [2.05, 4.69) is 25.9 Å². The van der Waals surface area contributed by atoms with Crippen molar-refractivity contribution in [1.29, 1.82) is 0 Å². The molecule has 0 amide bonds. The third-order valence-electron chi connectivity index (χ3n) is 1.97. The minimum atomic E-state index is -0.720. The molecule has 0 aliphatic heterocycles. The van der Waals surface area contributed by atoms with Gasteiger partial charge in [0.15, 0.2) is 0 Å². The van der Waals surface area contributed by atoms with Crippen LogP contribution in [0.25, 0.3) is 10.6 Å². The molecule has 2 rings (SSSR count). The van der Waals surface area contributed by atoms with Gasteiger partial charge in [0.05, 0.1) is 16.8 Å². The molecule has 1 atom stereocenters. The molecule has 0 aromatic carbocycles. The molecule has 80 valence electrons. The lowest BCUT2D eigenvalue weighted by molar-refractivity contribution is 0.177. The summed E-state index contributed by atoms with van der Waals surface area (Å²) in [7, 11) is 0. The number of hydrogen-bond donors (Lipinski definition) is 3. The Labute approximate surface area is 99.3 Å². The first-order valence-electron chi connectivity index (χ1n) is 4.38. The number of nitrogens with zero attached hydrogens (tertiary/aromatic N) is 1. The molecule has 1 unspecified atom stereocenters. The smallest absolute Gasteiger partial charge is 0.136 e. The standard InChI is InChI=1S/C9H10BrN3OS/c10-5-1-8(15-4-5)6-3-12-9(13-6)7(14)2-11/h1,3-4,7,14H,2,11H2,(H,12,13). The number of halogens is 1. The fourth-order valence-corrected chi connectivity index (χ4v) is 2.59. The summed E-state index contributed by atoms with van der Waals surface area (Å²) >= 11 is 4.99. The first-order chi connectivity index (χ1) is 7.20. The molecular weight excluding hydrogens is 278 g/mol. The highest BCUT2D eigenvalue weighted by Gasteiger charge is 2.11. The summed E-state index contributed by atoms with van der Waals surface area (Å²) in [6, 6.07) is 2.00. The van der Waals surface area contributed by atoms with Gasteiger partial charge in [-0.1, -0.05) is 0 Å². The van der Waals surface area contributed by atoms with Crippen molar-refractivity contribution >= 4 is 27.3 Å². The average Bonchev–Trinajstić information content (AvgIpc) is 2.84. The Kier molecular flexibility index (Phi) is 3.20. The fourth-order valence-electron chi connectivity index (χ4n) is 1.20. The Morgan fingerprint density at radius 2 is 2.47 bits per heavy atom. The number of hydrogen-bond acceptors (Lipinski definition) is 4. The summed E-state index contributed by atoms with van der Waals surface area (Å²) in [6.45, 7) is 0.168. The van der Waals surface area contributed by atoms with Gasteiger partial charge in [-0.2, -0.15) is 0 Å². The molecule has 4 nitrogen and oxygen atoms in total. The molecule has 0 fully saturated rings. The van der Waals surface area contributed by atoms with Gasteiger partial charge >= 0.3 is 0 Å². The van der Waals surface area contributed by atoms with Crippen LogP contribution in [-0.4, -0.2) is 21.6 Å². The number of aliphatic hydroxyl groups is 1. The largest absolute Gasteiger partial charge is 0.384 e. The van der Waals surface area contributed by atoms with Crippen molar-refractivity contribution in [3.05, 3.63) is 27.9 Å². The van der Waals surface area contributed by atoms with Crippen LogP contribution in [0.2, 0.25) is 0 Å². The minimum absolute atomic E-state index is 0.168. The molecule has 0 aliphatic rings. The maximum atomic E-state index is 9.47. The van der Waals surface area contributed by atoms with Crippen molar-refractivity contribution in [3.63, 3.8) is 0 Å². The van der Waals surface area contributed by atoms with E-state index in [1.54, 1.807) is 17.5 Å². The van der Waals surface area contributed by atoms with Gasteiger partial charge in [-0.3, -0.25) is 0 Å². The van der Waals surface area contributed by atoms with E-state index in [-0.39, 0.29) is 6.54 Å². The molecule has 0 radical (unpaired) electrons. The van der Waals surface area contributed by atoms with Crippen LogP contribution in [0.15, 0.2) is 22.1 Å². The van der Waals surface area contributed by atoms with Crippen molar-refractivity contribution < 1.29 is 5.11 Å². The summed E-state index contributed by atoms with van der Waals surface area (Å²) in [4.78, 5) is 8.19. The van der Waals surface area contributed by atoms with Crippen LogP contribution in [0, 0.1) is 0 Å².